The Morgan fingerprint density at radius 3 is 2.65 bits per heavy atom. The van der Waals surface area contributed by atoms with Gasteiger partial charge in [-0.15, -0.1) is 11.3 Å². The number of likely N-dealkylation sites (tertiary alicyclic amines) is 1. The van der Waals surface area contributed by atoms with Crippen molar-refractivity contribution in [2.75, 3.05) is 13.1 Å². The summed E-state index contributed by atoms with van der Waals surface area (Å²) in [6, 6.07) is 1.05. The van der Waals surface area contributed by atoms with Gasteiger partial charge < -0.3 is 10.4 Å². The lowest BCUT2D eigenvalue weighted by Crippen LogP contribution is -2.51. The number of piperidine rings is 1. The molecule has 0 spiro atoms. The Bertz CT molecular complexity index is 508. The highest BCUT2D eigenvalue weighted by atomic mass is 32.1. The van der Waals surface area contributed by atoms with Gasteiger partial charge in [0.1, 0.15) is 0 Å². The number of hydrogen-bond donors (Lipinski definition) is 2. The molecule has 1 saturated heterocycles. The van der Waals surface area contributed by atoms with Crippen molar-refractivity contribution in [2.45, 2.75) is 82.0 Å². The number of thiazole rings is 1. The lowest BCUT2D eigenvalue weighted by molar-refractivity contribution is 0.00715. The minimum atomic E-state index is -0.0914. The Labute approximate surface area is 143 Å². The normalized spacial score (nSPS) is 30.7. The molecule has 2 N–H and O–H groups in total. The molecule has 1 aromatic heterocycles. The average molecular weight is 336 g/mol. The Balaban J connectivity index is 1.21. The first-order valence-corrected chi connectivity index (χ1v) is 10.2. The van der Waals surface area contributed by atoms with Crippen molar-refractivity contribution in [1.29, 1.82) is 0 Å². The summed E-state index contributed by atoms with van der Waals surface area (Å²) in [7, 11) is 0. The van der Waals surface area contributed by atoms with E-state index in [1.807, 2.05) is 11.3 Å². The molecule has 3 fully saturated rings. The zero-order chi connectivity index (χ0) is 15.6. The van der Waals surface area contributed by atoms with Gasteiger partial charge in [0.05, 0.1) is 11.1 Å². The largest absolute Gasteiger partial charge is 0.391 e. The van der Waals surface area contributed by atoms with Crippen LogP contribution >= 0.6 is 11.3 Å². The van der Waals surface area contributed by atoms with Crippen LogP contribution in [0.5, 0.6) is 0 Å². The molecule has 5 heteroatoms. The predicted octanol–water partition coefficient (Wildman–Crippen LogP) is 2.88. The van der Waals surface area contributed by atoms with Crippen molar-refractivity contribution in [3.05, 3.63) is 16.1 Å². The van der Waals surface area contributed by atoms with E-state index >= 15 is 0 Å². The molecule has 3 aliphatic rings. The highest BCUT2D eigenvalue weighted by molar-refractivity contribution is 7.11. The third-order valence-electron chi connectivity index (χ3n) is 5.76. The van der Waals surface area contributed by atoms with Crippen LogP contribution in [0.3, 0.4) is 0 Å². The van der Waals surface area contributed by atoms with E-state index in [1.54, 1.807) is 0 Å². The summed E-state index contributed by atoms with van der Waals surface area (Å²) in [6.45, 7) is 3.24. The predicted molar refractivity (Wildman–Crippen MR) is 93.8 cm³/mol. The standard InChI is InChI=1S/C18H29N3OS/c22-17-4-2-1-3-16(17)21-9-7-14(8-10-21)19-11-15-12-20-18(23-15)13-5-6-13/h12-14,16-17,19,22H,1-11H2. The second kappa shape index (κ2) is 7.18. The molecule has 0 radical (unpaired) electrons. The van der Waals surface area contributed by atoms with Gasteiger partial charge in [0.15, 0.2) is 0 Å². The van der Waals surface area contributed by atoms with E-state index < -0.39 is 0 Å². The molecule has 0 aromatic carbocycles. The molecular formula is C18H29N3OS. The van der Waals surface area contributed by atoms with Crippen LogP contribution in [0.15, 0.2) is 6.20 Å². The van der Waals surface area contributed by atoms with Gasteiger partial charge in [-0.2, -0.15) is 0 Å². The van der Waals surface area contributed by atoms with Gasteiger partial charge >= 0.3 is 0 Å². The summed E-state index contributed by atoms with van der Waals surface area (Å²) in [5.41, 5.74) is 0. The summed E-state index contributed by atoms with van der Waals surface area (Å²) in [5, 5.41) is 15.3. The Kier molecular flexibility index (Phi) is 4.99. The molecule has 4 nitrogen and oxygen atoms in total. The monoisotopic (exact) mass is 335 g/mol. The second-order valence-corrected chi connectivity index (χ2v) is 8.70. The first kappa shape index (κ1) is 16.0. The minimum absolute atomic E-state index is 0.0914. The van der Waals surface area contributed by atoms with Crippen LogP contribution < -0.4 is 5.32 Å². The number of aromatic nitrogens is 1. The molecule has 1 aromatic rings. The summed E-state index contributed by atoms with van der Waals surface area (Å²) < 4.78 is 0. The summed E-state index contributed by atoms with van der Waals surface area (Å²) in [5.74, 6) is 0.777. The smallest absolute Gasteiger partial charge is 0.0959 e. The maximum absolute atomic E-state index is 10.2. The summed E-state index contributed by atoms with van der Waals surface area (Å²) in [4.78, 5) is 8.49. The van der Waals surface area contributed by atoms with Gasteiger partial charge in [-0.05, 0) is 38.5 Å². The lowest BCUT2D eigenvalue weighted by Gasteiger charge is -2.41. The van der Waals surface area contributed by atoms with E-state index in [4.69, 9.17) is 0 Å². The summed E-state index contributed by atoms with van der Waals surface area (Å²) in [6.07, 6.45) is 11.7. The van der Waals surface area contributed by atoms with Crippen molar-refractivity contribution >= 4 is 11.3 Å². The van der Waals surface area contributed by atoms with Gasteiger partial charge in [-0.3, -0.25) is 4.90 Å². The molecule has 0 amide bonds. The fraction of sp³-hybridized carbons (Fsp3) is 0.833. The molecule has 2 unspecified atom stereocenters. The zero-order valence-corrected chi connectivity index (χ0v) is 14.7. The number of nitrogens with zero attached hydrogens (tertiary/aromatic N) is 2. The molecule has 0 bridgehead atoms. The van der Waals surface area contributed by atoms with Crippen molar-refractivity contribution in [2.24, 2.45) is 0 Å². The average Bonchev–Trinajstić information content (AvgIpc) is 3.33. The lowest BCUT2D eigenvalue weighted by atomic mass is 9.89. The molecule has 23 heavy (non-hydrogen) atoms. The topological polar surface area (TPSA) is 48.4 Å². The molecule has 2 atom stereocenters. The van der Waals surface area contributed by atoms with E-state index in [-0.39, 0.29) is 6.10 Å². The SMILES string of the molecule is OC1CCCCC1N1CCC(NCc2cnc(C3CC3)s2)CC1. The Hall–Kier alpha value is -0.490. The highest BCUT2D eigenvalue weighted by Crippen LogP contribution is 2.41. The van der Waals surface area contributed by atoms with Gasteiger partial charge in [-0.1, -0.05) is 12.8 Å². The number of aliphatic hydroxyl groups excluding tert-OH is 1. The third-order valence-corrected chi connectivity index (χ3v) is 6.92. The van der Waals surface area contributed by atoms with E-state index in [1.165, 1.54) is 54.8 Å². The maximum Gasteiger partial charge on any atom is 0.0959 e. The van der Waals surface area contributed by atoms with Crippen LogP contribution in [-0.4, -0.2) is 46.3 Å². The van der Waals surface area contributed by atoms with Crippen LogP contribution in [0.25, 0.3) is 0 Å². The first-order chi connectivity index (χ1) is 11.3. The van der Waals surface area contributed by atoms with E-state index in [0.717, 1.165) is 32.0 Å². The van der Waals surface area contributed by atoms with Gasteiger partial charge in [0, 0.05) is 48.7 Å². The van der Waals surface area contributed by atoms with Gasteiger partial charge in [-0.25, -0.2) is 4.98 Å². The van der Waals surface area contributed by atoms with Crippen LogP contribution in [0.1, 0.15) is 67.2 Å². The van der Waals surface area contributed by atoms with Crippen LogP contribution in [0.2, 0.25) is 0 Å². The fourth-order valence-electron chi connectivity index (χ4n) is 4.12. The molecule has 128 valence electrons. The quantitative estimate of drug-likeness (QED) is 0.869. The molecule has 1 aliphatic heterocycles. The van der Waals surface area contributed by atoms with Gasteiger partial charge in [0.2, 0.25) is 0 Å². The minimum Gasteiger partial charge on any atom is -0.391 e. The number of aliphatic hydroxyl groups is 1. The van der Waals surface area contributed by atoms with Crippen LogP contribution in [0, 0.1) is 0 Å². The molecule has 2 saturated carbocycles. The van der Waals surface area contributed by atoms with Gasteiger partial charge in [0.25, 0.3) is 0 Å². The fourth-order valence-corrected chi connectivity index (χ4v) is 5.16. The first-order valence-electron chi connectivity index (χ1n) is 9.39. The third kappa shape index (κ3) is 3.95. The van der Waals surface area contributed by atoms with Crippen LogP contribution in [0.4, 0.5) is 0 Å². The number of rotatable bonds is 5. The molecular weight excluding hydrogens is 306 g/mol. The van der Waals surface area contributed by atoms with E-state index in [2.05, 4.69) is 21.4 Å². The summed E-state index contributed by atoms with van der Waals surface area (Å²) >= 11 is 1.90. The number of hydrogen-bond acceptors (Lipinski definition) is 5. The van der Waals surface area contributed by atoms with E-state index in [9.17, 15) is 5.11 Å². The highest BCUT2D eigenvalue weighted by Gasteiger charge is 2.31. The Morgan fingerprint density at radius 1 is 1.13 bits per heavy atom. The van der Waals surface area contributed by atoms with Crippen molar-refractivity contribution in [3.8, 4) is 0 Å². The van der Waals surface area contributed by atoms with Crippen LogP contribution in [-0.2, 0) is 6.54 Å². The van der Waals surface area contributed by atoms with Crippen molar-refractivity contribution in [1.82, 2.24) is 15.2 Å². The Morgan fingerprint density at radius 2 is 1.91 bits per heavy atom. The molecule has 4 rings (SSSR count). The van der Waals surface area contributed by atoms with Crippen molar-refractivity contribution < 1.29 is 5.11 Å². The second-order valence-electron chi connectivity index (χ2n) is 7.55. The molecule has 2 heterocycles. The van der Waals surface area contributed by atoms with Crippen molar-refractivity contribution in [3.63, 3.8) is 0 Å². The number of nitrogens with one attached hydrogen (secondary N) is 1. The molecule has 2 aliphatic carbocycles. The zero-order valence-electron chi connectivity index (χ0n) is 13.9. The van der Waals surface area contributed by atoms with E-state index in [0.29, 0.717) is 12.1 Å². The maximum atomic E-state index is 10.2.